The van der Waals surface area contributed by atoms with Crippen LogP contribution in [0.15, 0.2) is 65.8 Å². The molecule has 0 spiro atoms. The van der Waals surface area contributed by atoms with Crippen molar-refractivity contribution in [3.05, 3.63) is 66.2 Å². The molecule has 0 aliphatic carbocycles. The lowest BCUT2D eigenvalue weighted by Crippen LogP contribution is -2.24. The fourth-order valence-electron chi connectivity index (χ4n) is 2.63. The van der Waals surface area contributed by atoms with Crippen molar-refractivity contribution in [3.8, 4) is 11.5 Å². The second kappa shape index (κ2) is 8.51. The average Bonchev–Trinajstić information content (AvgIpc) is 2.71. The zero-order valence-corrected chi connectivity index (χ0v) is 16.3. The van der Waals surface area contributed by atoms with E-state index in [-0.39, 0.29) is 0 Å². The maximum absolute atomic E-state index is 5.30. The molecule has 27 heavy (non-hydrogen) atoms. The van der Waals surface area contributed by atoms with E-state index in [1.807, 2.05) is 55.5 Å². The Morgan fingerprint density at radius 2 is 1.59 bits per heavy atom. The van der Waals surface area contributed by atoms with Crippen molar-refractivity contribution in [3.63, 3.8) is 0 Å². The number of ether oxygens (including phenoxy) is 2. The Labute approximate surface area is 164 Å². The van der Waals surface area contributed by atoms with Crippen molar-refractivity contribution in [2.75, 3.05) is 19.5 Å². The highest BCUT2D eigenvalue weighted by molar-refractivity contribution is 7.80. The summed E-state index contributed by atoms with van der Waals surface area (Å²) < 4.78 is 10.5. The smallest absolute Gasteiger partial charge is 0.191 e. The summed E-state index contributed by atoms with van der Waals surface area (Å²) in [7, 11) is 3.30. The number of methoxy groups -OCH3 is 2. The molecule has 6 heteroatoms. The molecular formula is C21H21N3O2S. The number of rotatable bonds is 5. The molecule has 0 aliphatic rings. The monoisotopic (exact) mass is 379 g/mol. The van der Waals surface area contributed by atoms with Gasteiger partial charge in [0.05, 0.1) is 19.9 Å². The van der Waals surface area contributed by atoms with E-state index in [0.717, 1.165) is 39.2 Å². The van der Waals surface area contributed by atoms with Crippen LogP contribution in [0, 0.1) is 0 Å². The summed E-state index contributed by atoms with van der Waals surface area (Å²) in [6.45, 7) is 1.94. The summed E-state index contributed by atoms with van der Waals surface area (Å²) in [5.41, 5.74) is 5.57. The summed E-state index contributed by atoms with van der Waals surface area (Å²) in [5.74, 6) is 1.60. The molecular weight excluding hydrogens is 358 g/mol. The second-order valence-corrected chi connectivity index (χ2v) is 6.33. The summed E-state index contributed by atoms with van der Waals surface area (Å²) >= 11 is 5.30. The molecule has 3 rings (SSSR count). The largest absolute Gasteiger partial charge is 0.497 e. The van der Waals surface area contributed by atoms with Gasteiger partial charge in [0.25, 0.3) is 0 Å². The molecule has 0 atom stereocenters. The number of benzene rings is 3. The Morgan fingerprint density at radius 3 is 2.37 bits per heavy atom. The predicted molar refractivity (Wildman–Crippen MR) is 115 cm³/mol. The van der Waals surface area contributed by atoms with Crippen molar-refractivity contribution in [2.24, 2.45) is 5.10 Å². The SMILES string of the molecule is COc1cccc(NC(=S)N/N=C(\C)c2ccc3cc(OC)ccc3c2)c1. The van der Waals surface area contributed by atoms with Crippen LogP contribution in [0.2, 0.25) is 0 Å². The van der Waals surface area contributed by atoms with Crippen LogP contribution in [-0.2, 0) is 0 Å². The number of thiocarbonyl (C=S) groups is 1. The molecule has 0 heterocycles. The van der Waals surface area contributed by atoms with Gasteiger partial charge in [-0.3, -0.25) is 5.43 Å². The molecule has 3 aromatic rings. The first kappa shape index (κ1) is 18.7. The van der Waals surface area contributed by atoms with Gasteiger partial charge in [-0.15, -0.1) is 0 Å². The van der Waals surface area contributed by atoms with E-state index in [1.165, 1.54) is 0 Å². The number of hydrogen-bond donors (Lipinski definition) is 2. The number of nitrogens with one attached hydrogen (secondary N) is 2. The highest BCUT2D eigenvalue weighted by atomic mass is 32.1. The highest BCUT2D eigenvalue weighted by Gasteiger charge is 2.03. The Morgan fingerprint density at radius 1 is 0.889 bits per heavy atom. The van der Waals surface area contributed by atoms with Crippen molar-refractivity contribution >= 4 is 39.5 Å². The third-order valence-electron chi connectivity index (χ3n) is 4.12. The first-order chi connectivity index (χ1) is 13.1. The van der Waals surface area contributed by atoms with Gasteiger partial charge in [-0.05, 0) is 65.8 Å². The van der Waals surface area contributed by atoms with Crippen LogP contribution in [0.3, 0.4) is 0 Å². The topological polar surface area (TPSA) is 54.9 Å². The Balaban J connectivity index is 1.69. The van der Waals surface area contributed by atoms with Gasteiger partial charge < -0.3 is 14.8 Å². The zero-order chi connectivity index (χ0) is 19.2. The van der Waals surface area contributed by atoms with E-state index in [4.69, 9.17) is 21.7 Å². The first-order valence-corrected chi connectivity index (χ1v) is 8.83. The number of nitrogens with zero attached hydrogens (tertiary/aromatic N) is 1. The number of hydrazone groups is 1. The molecule has 0 aromatic heterocycles. The van der Waals surface area contributed by atoms with Crippen LogP contribution in [0.4, 0.5) is 5.69 Å². The summed E-state index contributed by atoms with van der Waals surface area (Å²) in [6, 6.07) is 19.7. The lowest BCUT2D eigenvalue weighted by atomic mass is 10.0. The van der Waals surface area contributed by atoms with E-state index in [2.05, 4.69) is 28.0 Å². The van der Waals surface area contributed by atoms with E-state index in [9.17, 15) is 0 Å². The lowest BCUT2D eigenvalue weighted by Gasteiger charge is -2.10. The molecule has 0 amide bonds. The lowest BCUT2D eigenvalue weighted by molar-refractivity contribution is 0.415. The van der Waals surface area contributed by atoms with Crippen LogP contribution in [-0.4, -0.2) is 25.0 Å². The molecule has 138 valence electrons. The second-order valence-electron chi connectivity index (χ2n) is 5.92. The van der Waals surface area contributed by atoms with Gasteiger partial charge in [-0.25, -0.2) is 0 Å². The zero-order valence-electron chi connectivity index (χ0n) is 15.4. The maximum Gasteiger partial charge on any atom is 0.191 e. The normalized spacial score (nSPS) is 11.1. The summed E-state index contributed by atoms with van der Waals surface area (Å²) in [4.78, 5) is 0. The Kier molecular flexibility index (Phi) is 5.88. The van der Waals surface area contributed by atoms with Gasteiger partial charge in [-0.2, -0.15) is 5.10 Å². The van der Waals surface area contributed by atoms with Gasteiger partial charge >= 0.3 is 0 Å². The molecule has 2 N–H and O–H groups in total. The van der Waals surface area contributed by atoms with Gasteiger partial charge in [0.2, 0.25) is 0 Å². The minimum Gasteiger partial charge on any atom is -0.497 e. The number of fused-ring (bicyclic) bond motifs is 1. The fourth-order valence-corrected chi connectivity index (χ4v) is 2.80. The Bertz CT molecular complexity index is 1000. The van der Waals surface area contributed by atoms with Gasteiger partial charge in [0, 0.05) is 11.8 Å². The van der Waals surface area contributed by atoms with E-state index in [0.29, 0.717) is 5.11 Å². The molecule has 0 unspecified atom stereocenters. The standard InChI is InChI=1S/C21H21N3O2S/c1-14(15-7-8-17-12-20(26-3)10-9-16(17)11-15)23-24-21(27)22-18-5-4-6-19(13-18)25-2/h4-13H,1-3H3,(H2,22,24,27)/b23-14+. The third kappa shape index (κ3) is 4.74. The number of anilines is 1. The Hall–Kier alpha value is -3.12. The molecule has 0 aliphatic heterocycles. The predicted octanol–water partition coefficient (Wildman–Crippen LogP) is 4.57. The fraction of sp³-hybridized carbons (Fsp3) is 0.143. The minimum absolute atomic E-state index is 0.410. The third-order valence-corrected chi connectivity index (χ3v) is 4.31. The van der Waals surface area contributed by atoms with Gasteiger partial charge in [0.1, 0.15) is 11.5 Å². The quantitative estimate of drug-likeness (QED) is 0.386. The van der Waals surface area contributed by atoms with E-state index in [1.54, 1.807) is 14.2 Å². The van der Waals surface area contributed by atoms with Crippen LogP contribution >= 0.6 is 12.2 Å². The maximum atomic E-state index is 5.30. The molecule has 5 nitrogen and oxygen atoms in total. The minimum atomic E-state index is 0.410. The molecule has 0 saturated carbocycles. The van der Waals surface area contributed by atoms with E-state index < -0.39 is 0 Å². The summed E-state index contributed by atoms with van der Waals surface area (Å²) in [6.07, 6.45) is 0. The molecule has 0 radical (unpaired) electrons. The molecule has 3 aromatic carbocycles. The van der Waals surface area contributed by atoms with Gasteiger partial charge in [-0.1, -0.05) is 24.3 Å². The number of hydrogen-bond acceptors (Lipinski definition) is 4. The van der Waals surface area contributed by atoms with Crippen LogP contribution in [0.5, 0.6) is 11.5 Å². The van der Waals surface area contributed by atoms with Crippen molar-refractivity contribution in [1.82, 2.24) is 5.43 Å². The van der Waals surface area contributed by atoms with Crippen molar-refractivity contribution < 1.29 is 9.47 Å². The van der Waals surface area contributed by atoms with Crippen LogP contribution < -0.4 is 20.2 Å². The first-order valence-electron chi connectivity index (χ1n) is 8.42. The van der Waals surface area contributed by atoms with Crippen molar-refractivity contribution in [2.45, 2.75) is 6.92 Å². The van der Waals surface area contributed by atoms with E-state index >= 15 is 0 Å². The average molecular weight is 379 g/mol. The molecule has 0 fully saturated rings. The van der Waals surface area contributed by atoms with Crippen LogP contribution in [0.25, 0.3) is 10.8 Å². The van der Waals surface area contributed by atoms with Crippen molar-refractivity contribution in [1.29, 1.82) is 0 Å². The highest BCUT2D eigenvalue weighted by Crippen LogP contribution is 2.22. The molecule has 0 saturated heterocycles. The molecule has 0 bridgehead atoms. The summed E-state index contributed by atoms with van der Waals surface area (Å²) in [5, 5.41) is 10.1. The van der Waals surface area contributed by atoms with Crippen LogP contribution in [0.1, 0.15) is 12.5 Å². The van der Waals surface area contributed by atoms with Gasteiger partial charge in [0.15, 0.2) is 5.11 Å².